The van der Waals surface area contributed by atoms with Crippen molar-refractivity contribution in [1.82, 2.24) is 15.1 Å². The summed E-state index contributed by atoms with van der Waals surface area (Å²) >= 11 is 0. The third-order valence-electron chi connectivity index (χ3n) is 1.69. The van der Waals surface area contributed by atoms with Crippen LogP contribution >= 0.6 is 0 Å². The minimum Gasteiger partial charge on any atom is -0.435 e. The van der Waals surface area contributed by atoms with Gasteiger partial charge in [-0.05, 0) is 6.92 Å². The van der Waals surface area contributed by atoms with Crippen molar-refractivity contribution < 1.29 is 13.7 Å². The van der Waals surface area contributed by atoms with Crippen LogP contribution in [0.2, 0.25) is 0 Å². The maximum atomic E-state index is 11.0. The summed E-state index contributed by atoms with van der Waals surface area (Å²) in [4.78, 5) is 18.9. The fourth-order valence-electron chi connectivity index (χ4n) is 1.13. The Hall–Kier alpha value is -2.18. The molecule has 15 heavy (non-hydrogen) atoms. The van der Waals surface area contributed by atoms with E-state index in [2.05, 4.69) is 15.1 Å². The van der Waals surface area contributed by atoms with Crippen LogP contribution in [0.25, 0.3) is 11.6 Å². The summed E-state index contributed by atoms with van der Waals surface area (Å²) in [6, 6.07) is 0. The number of oxazole rings is 1. The van der Waals surface area contributed by atoms with Crippen LogP contribution in [0.3, 0.4) is 0 Å². The number of carbonyl (C=O) groups is 1. The third kappa shape index (κ3) is 1.58. The van der Waals surface area contributed by atoms with Gasteiger partial charge in [-0.25, -0.2) is 4.98 Å². The van der Waals surface area contributed by atoms with Crippen LogP contribution in [-0.2, 0) is 0 Å². The summed E-state index contributed by atoms with van der Waals surface area (Å²) < 4.78 is 9.89. The Morgan fingerprint density at radius 2 is 2.07 bits per heavy atom. The first-order valence-electron chi connectivity index (χ1n) is 4.16. The molecule has 0 unspecified atom stereocenters. The largest absolute Gasteiger partial charge is 0.435 e. The molecule has 78 valence electrons. The molecule has 0 spiro atoms. The molecule has 2 heterocycles. The molecule has 0 saturated carbocycles. The van der Waals surface area contributed by atoms with Crippen LogP contribution < -0.4 is 5.73 Å². The Morgan fingerprint density at radius 3 is 2.60 bits per heavy atom. The van der Waals surface area contributed by atoms with Crippen LogP contribution in [0.5, 0.6) is 0 Å². The average molecular weight is 208 g/mol. The number of nitrogens with two attached hydrogens (primary N) is 1. The zero-order valence-corrected chi connectivity index (χ0v) is 8.14. The summed E-state index contributed by atoms with van der Waals surface area (Å²) in [6.45, 7) is 3.25. The summed E-state index contributed by atoms with van der Waals surface area (Å²) in [5.74, 6) is 0.0893. The second-order valence-corrected chi connectivity index (χ2v) is 2.92. The number of aromatic nitrogens is 3. The van der Waals surface area contributed by atoms with Crippen molar-refractivity contribution in [2.75, 3.05) is 0 Å². The van der Waals surface area contributed by atoms with Crippen LogP contribution in [0, 0.1) is 13.8 Å². The second kappa shape index (κ2) is 3.19. The highest BCUT2D eigenvalue weighted by Gasteiger charge is 2.22. The first kappa shape index (κ1) is 9.38. The van der Waals surface area contributed by atoms with E-state index in [9.17, 15) is 4.79 Å². The van der Waals surface area contributed by atoms with E-state index >= 15 is 0 Å². The monoisotopic (exact) mass is 208 g/mol. The number of hydrogen-bond acceptors (Lipinski definition) is 6. The number of rotatable bonds is 2. The van der Waals surface area contributed by atoms with Crippen LogP contribution in [0.1, 0.15) is 22.3 Å². The molecule has 0 radical (unpaired) electrons. The normalized spacial score (nSPS) is 10.5. The van der Waals surface area contributed by atoms with Crippen LogP contribution in [0.15, 0.2) is 8.94 Å². The third-order valence-corrected chi connectivity index (χ3v) is 1.69. The lowest BCUT2D eigenvalue weighted by atomic mass is 10.3. The fourth-order valence-corrected chi connectivity index (χ4v) is 1.13. The average Bonchev–Trinajstić information content (AvgIpc) is 2.71. The van der Waals surface area contributed by atoms with Gasteiger partial charge in [0.2, 0.25) is 5.76 Å². The molecule has 0 atom stereocenters. The maximum absolute atomic E-state index is 11.0. The van der Waals surface area contributed by atoms with Gasteiger partial charge in [0.05, 0.1) is 0 Å². The molecule has 0 aliphatic rings. The minimum absolute atomic E-state index is 0.0730. The van der Waals surface area contributed by atoms with Crippen LogP contribution in [0.4, 0.5) is 0 Å². The predicted octanol–water partition coefficient (Wildman–Crippen LogP) is 0.440. The van der Waals surface area contributed by atoms with Gasteiger partial charge >= 0.3 is 0 Å². The SMILES string of the molecule is Cc1noc(-c2nc(C)oc2C(N)=O)n1. The van der Waals surface area contributed by atoms with E-state index in [0.717, 1.165) is 0 Å². The number of amides is 1. The van der Waals surface area contributed by atoms with Gasteiger partial charge < -0.3 is 14.7 Å². The van der Waals surface area contributed by atoms with Crippen molar-refractivity contribution >= 4 is 5.91 Å². The van der Waals surface area contributed by atoms with Gasteiger partial charge in [0.15, 0.2) is 17.4 Å². The molecule has 7 nitrogen and oxygen atoms in total. The standard InChI is InChI=1S/C8H8N4O3/c1-3-10-8(15-12-3)5-6(7(9)13)14-4(2)11-5/h1-2H3,(H2,9,13). The molecule has 2 N–H and O–H groups in total. The molecular formula is C8H8N4O3. The highest BCUT2D eigenvalue weighted by molar-refractivity contribution is 5.95. The highest BCUT2D eigenvalue weighted by atomic mass is 16.5. The smallest absolute Gasteiger partial charge is 0.287 e. The minimum atomic E-state index is -0.721. The summed E-state index contributed by atoms with van der Waals surface area (Å²) in [6.07, 6.45) is 0. The Labute approximate surface area is 84.3 Å². The molecule has 0 bridgehead atoms. The Balaban J connectivity index is 2.56. The van der Waals surface area contributed by atoms with E-state index in [1.54, 1.807) is 13.8 Å². The second-order valence-electron chi connectivity index (χ2n) is 2.92. The lowest BCUT2D eigenvalue weighted by Crippen LogP contribution is -2.11. The molecule has 0 saturated heterocycles. The van der Waals surface area contributed by atoms with Crippen molar-refractivity contribution in [2.45, 2.75) is 13.8 Å². The lowest BCUT2D eigenvalue weighted by molar-refractivity contribution is 0.0973. The van der Waals surface area contributed by atoms with Crippen molar-refractivity contribution in [3.63, 3.8) is 0 Å². The van der Waals surface area contributed by atoms with E-state index in [0.29, 0.717) is 11.7 Å². The molecule has 0 aromatic carbocycles. The molecule has 0 fully saturated rings. The summed E-state index contributed by atoms with van der Waals surface area (Å²) in [5, 5.41) is 3.58. The highest BCUT2D eigenvalue weighted by Crippen LogP contribution is 2.21. The lowest BCUT2D eigenvalue weighted by Gasteiger charge is -1.88. The first-order chi connectivity index (χ1) is 7.08. The van der Waals surface area contributed by atoms with Gasteiger partial charge in [-0.3, -0.25) is 4.79 Å². The molecule has 1 amide bonds. The number of aryl methyl sites for hydroxylation is 2. The molecular weight excluding hydrogens is 200 g/mol. The van der Waals surface area contributed by atoms with Gasteiger partial charge in [-0.15, -0.1) is 0 Å². The van der Waals surface area contributed by atoms with Gasteiger partial charge in [0.25, 0.3) is 11.8 Å². The van der Waals surface area contributed by atoms with E-state index in [-0.39, 0.29) is 17.3 Å². The quantitative estimate of drug-likeness (QED) is 0.766. The topological polar surface area (TPSA) is 108 Å². The Bertz CT molecular complexity index is 514. The molecule has 7 heteroatoms. The molecule has 0 aliphatic carbocycles. The van der Waals surface area contributed by atoms with Gasteiger partial charge in [0, 0.05) is 6.92 Å². The van der Waals surface area contributed by atoms with E-state index < -0.39 is 5.91 Å². The van der Waals surface area contributed by atoms with Gasteiger partial charge in [-0.2, -0.15) is 4.98 Å². The van der Waals surface area contributed by atoms with E-state index in [4.69, 9.17) is 14.7 Å². The summed E-state index contributed by atoms with van der Waals surface area (Å²) in [5.41, 5.74) is 5.29. The molecule has 2 aromatic rings. The Morgan fingerprint density at radius 1 is 1.33 bits per heavy atom. The van der Waals surface area contributed by atoms with Crippen molar-refractivity contribution in [3.8, 4) is 11.6 Å². The van der Waals surface area contributed by atoms with E-state index in [1.165, 1.54) is 0 Å². The number of primary amides is 1. The van der Waals surface area contributed by atoms with Gasteiger partial charge in [-0.1, -0.05) is 5.16 Å². The van der Waals surface area contributed by atoms with E-state index in [1.807, 2.05) is 0 Å². The van der Waals surface area contributed by atoms with Crippen molar-refractivity contribution in [1.29, 1.82) is 0 Å². The molecule has 2 rings (SSSR count). The first-order valence-corrected chi connectivity index (χ1v) is 4.16. The van der Waals surface area contributed by atoms with Gasteiger partial charge in [0.1, 0.15) is 0 Å². The number of hydrogen-bond donors (Lipinski definition) is 1. The zero-order chi connectivity index (χ0) is 11.0. The predicted molar refractivity (Wildman–Crippen MR) is 47.8 cm³/mol. The maximum Gasteiger partial charge on any atom is 0.287 e. The fraction of sp³-hybridized carbons (Fsp3) is 0.250. The molecule has 0 aliphatic heterocycles. The molecule has 2 aromatic heterocycles. The van der Waals surface area contributed by atoms with Crippen LogP contribution in [-0.4, -0.2) is 21.0 Å². The van der Waals surface area contributed by atoms with Crippen molar-refractivity contribution in [3.05, 3.63) is 17.5 Å². The summed E-state index contributed by atoms with van der Waals surface area (Å²) in [7, 11) is 0. The zero-order valence-electron chi connectivity index (χ0n) is 8.14. The van der Waals surface area contributed by atoms with Crippen molar-refractivity contribution in [2.24, 2.45) is 5.73 Å². The number of nitrogens with zero attached hydrogens (tertiary/aromatic N) is 3. The Kier molecular flexibility index (Phi) is 2.00. The number of carbonyl (C=O) groups excluding carboxylic acids is 1.